The van der Waals surface area contributed by atoms with Gasteiger partial charge in [-0.05, 0) is 52.4 Å². The van der Waals surface area contributed by atoms with Gasteiger partial charge in [-0.3, -0.25) is 4.79 Å². The summed E-state index contributed by atoms with van der Waals surface area (Å²) in [5, 5.41) is 6.04. The van der Waals surface area contributed by atoms with E-state index in [0.29, 0.717) is 12.8 Å². The number of halogens is 1. The Hall–Kier alpha value is -1.69. The van der Waals surface area contributed by atoms with Crippen LogP contribution in [0.3, 0.4) is 0 Å². The Labute approximate surface area is 131 Å². The maximum atomic E-state index is 12.0. The lowest BCUT2D eigenvalue weighted by molar-refractivity contribution is -0.118. The molecule has 0 aliphatic carbocycles. The number of carbonyl (C=O) groups is 1. The van der Waals surface area contributed by atoms with Gasteiger partial charge in [0.2, 0.25) is 5.91 Å². The van der Waals surface area contributed by atoms with E-state index in [1.807, 2.05) is 30.3 Å². The first kappa shape index (κ1) is 13.3. The van der Waals surface area contributed by atoms with Crippen LogP contribution in [-0.2, 0) is 4.79 Å². The quantitative estimate of drug-likeness (QED) is 0.734. The first-order valence-corrected chi connectivity index (χ1v) is 7.53. The number of anilines is 1. The number of amides is 1. The summed E-state index contributed by atoms with van der Waals surface area (Å²) in [5.41, 5.74) is 2.86. The maximum Gasteiger partial charge on any atom is 0.247 e. The van der Waals surface area contributed by atoms with Gasteiger partial charge in [0, 0.05) is 16.4 Å². The molecular formula is C16H13IN2O. The third-order valence-electron chi connectivity index (χ3n) is 3.21. The molecule has 2 aromatic rings. The van der Waals surface area contributed by atoms with Gasteiger partial charge in [-0.2, -0.15) is 5.10 Å². The molecule has 0 radical (unpaired) electrons. The smallest absolute Gasteiger partial charge is 0.247 e. The van der Waals surface area contributed by atoms with Crippen LogP contribution in [-0.4, -0.2) is 11.6 Å². The SMILES string of the molecule is O=C1CCC(c2ccc(I)cc2)=NN1c1ccccc1. The summed E-state index contributed by atoms with van der Waals surface area (Å²) in [7, 11) is 0. The van der Waals surface area contributed by atoms with Crippen LogP contribution in [0.15, 0.2) is 59.7 Å². The highest BCUT2D eigenvalue weighted by Gasteiger charge is 2.22. The van der Waals surface area contributed by atoms with Gasteiger partial charge in [-0.15, -0.1) is 0 Å². The van der Waals surface area contributed by atoms with E-state index in [0.717, 1.165) is 17.0 Å². The summed E-state index contributed by atoms with van der Waals surface area (Å²) in [6.07, 6.45) is 1.20. The van der Waals surface area contributed by atoms with Crippen molar-refractivity contribution in [3.05, 3.63) is 63.7 Å². The summed E-state index contributed by atoms with van der Waals surface area (Å²) < 4.78 is 1.19. The van der Waals surface area contributed by atoms with Gasteiger partial charge in [0.25, 0.3) is 0 Å². The van der Waals surface area contributed by atoms with Crippen molar-refractivity contribution in [1.82, 2.24) is 0 Å². The van der Waals surface area contributed by atoms with Crippen molar-refractivity contribution in [2.45, 2.75) is 12.8 Å². The van der Waals surface area contributed by atoms with Gasteiger partial charge in [-0.25, -0.2) is 5.01 Å². The first-order chi connectivity index (χ1) is 9.74. The second-order valence-corrected chi connectivity index (χ2v) is 5.84. The molecule has 3 nitrogen and oxygen atoms in total. The fourth-order valence-electron chi connectivity index (χ4n) is 2.17. The van der Waals surface area contributed by atoms with Crippen molar-refractivity contribution >= 4 is 39.9 Å². The average molecular weight is 376 g/mol. The molecule has 1 amide bonds. The monoisotopic (exact) mass is 376 g/mol. The average Bonchev–Trinajstić information content (AvgIpc) is 2.50. The lowest BCUT2D eigenvalue weighted by Gasteiger charge is -2.23. The largest absolute Gasteiger partial charge is 0.273 e. The van der Waals surface area contributed by atoms with E-state index in [9.17, 15) is 4.79 Å². The molecule has 20 heavy (non-hydrogen) atoms. The van der Waals surface area contributed by atoms with E-state index < -0.39 is 0 Å². The second kappa shape index (κ2) is 5.75. The number of carbonyl (C=O) groups excluding carboxylic acids is 1. The van der Waals surface area contributed by atoms with Crippen LogP contribution >= 0.6 is 22.6 Å². The van der Waals surface area contributed by atoms with Crippen LogP contribution in [0.2, 0.25) is 0 Å². The Morgan fingerprint density at radius 2 is 1.65 bits per heavy atom. The van der Waals surface area contributed by atoms with Crippen LogP contribution < -0.4 is 5.01 Å². The molecule has 0 saturated carbocycles. The molecule has 2 aromatic carbocycles. The van der Waals surface area contributed by atoms with Crippen molar-refractivity contribution < 1.29 is 4.79 Å². The summed E-state index contributed by atoms with van der Waals surface area (Å²) in [6.45, 7) is 0. The first-order valence-electron chi connectivity index (χ1n) is 6.45. The van der Waals surface area contributed by atoms with Crippen LogP contribution in [0.5, 0.6) is 0 Å². The van der Waals surface area contributed by atoms with E-state index in [-0.39, 0.29) is 5.91 Å². The summed E-state index contributed by atoms with van der Waals surface area (Å²) in [4.78, 5) is 12.0. The number of rotatable bonds is 2. The number of para-hydroxylation sites is 1. The summed E-state index contributed by atoms with van der Waals surface area (Å²) in [6, 6.07) is 17.8. The fraction of sp³-hybridized carbons (Fsp3) is 0.125. The Kier molecular flexibility index (Phi) is 3.82. The molecule has 100 valence electrons. The maximum absolute atomic E-state index is 12.0. The highest BCUT2D eigenvalue weighted by molar-refractivity contribution is 14.1. The Balaban J connectivity index is 1.96. The van der Waals surface area contributed by atoms with Crippen molar-refractivity contribution in [2.75, 3.05) is 5.01 Å². The van der Waals surface area contributed by atoms with Gasteiger partial charge in [-0.1, -0.05) is 30.3 Å². The highest BCUT2D eigenvalue weighted by Crippen LogP contribution is 2.22. The molecular weight excluding hydrogens is 363 g/mol. The number of hydrogen-bond acceptors (Lipinski definition) is 2. The third kappa shape index (κ3) is 2.75. The standard InChI is InChI=1S/C16H13IN2O/c17-13-8-6-12(7-9-13)15-10-11-16(20)19(18-15)14-4-2-1-3-5-14/h1-9H,10-11H2. The molecule has 0 bridgehead atoms. The predicted octanol–water partition coefficient (Wildman–Crippen LogP) is 3.82. The van der Waals surface area contributed by atoms with Crippen LogP contribution in [0, 0.1) is 3.57 Å². The molecule has 1 heterocycles. The van der Waals surface area contributed by atoms with E-state index in [4.69, 9.17) is 0 Å². The molecule has 0 unspecified atom stereocenters. The molecule has 0 fully saturated rings. The molecule has 3 rings (SSSR count). The van der Waals surface area contributed by atoms with Gasteiger partial charge in [0.1, 0.15) is 0 Å². The zero-order valence-electron chi connectivity index (χ0n) is 10.8. The number of benzene rings is 2. The molecule has 0 atom stereocenters. The van der Waals surface area contributed by atoms with Gasteiger partial charge in [0.05, 0.1) is 11.4 Å². The fourth-order valence-corrected chi connectivity index (χ4v) is 2.53. The van der Waals surface area contributed by atoms with Crippen LogP contribution in [0.1, 0.15) is 18.4 Å². The summed E-state index contributed by atoms with van der Waals surface area (Å²) >= 11 is 2.28. The predicted molar refractivity (Wildman–Crippen MR) is 88.9 cm³/mol. The van der Waals surface area contributed by atoms with E-state index in [2.05, 4.69) is 52.0 Å². The zero-order valence-corrected chi connectivity index (χ0v) is 12.9. The van der Waals surface area contributed by atoms with Crippen molar-refractivity contribution in [3.63, 3.8) is 0 Å². The van der Waals surface area contributed by atoms with Crippen molar-refractivity contribution in [3.8, 4) is 0 Å². The molecule has 0 saturated heterocycles. The number of nitrogens with zero attached hydrogens (tertiary/aromatic N) is 2. The van der Waals surface area contributed by atoms with Crippen molar-refractivity contribution in [2.24, 2.45) is 5.10 Å². The van der Waals surface area contributed by atoms with Crippen LogP contribution in [0.25, 0.3) is 0 Å². The van der Waals surface area contributed by atoms with Crippen molar-refractivity contribution in [1.29, 1.82) is 0 Å². The lowest BCUT2D eigenvalue weighted by Crippen LogP contribution is -2.31. The Bertz CT molecular complexity index is 650. The third-order valence-corrected chi connectivity index (χ3v) is 3.93. The highest BCUT2D eigenvalue weighted by atomic mass is 127. The van der Waals surface area contributed by atoms with E-state index in [1.54, 1.807) is 0 Å². The lowest BCUT2D eigenvalue weighted by atomic mass is 10.0. The minimum Gasteiger partial charge on any atom is -0.273 e. The topological polar surface area (TPSA) is 32.7 Å². The Morgan fingerprint density at radius 3 is 2.35 bits per heavy atom. The van der Waals surface area contributed by atoms with Crippen LogP contribution in [0.4, 0.5) is 5.69 Å². The molecule has 0 aromatic heterocycles. The minimum atomic E-state index is 0.0467. The number of hydrazone groups is 1. The Morgan fingerprint density at radius 1 is 0.950 bits per heavy atom. The molecule has 0 N–H and O–H groups in total. The normalized spacial score (nSPS) is 15.2. The molecule has 0 spiro atoms. The van der Waals surface area contributed by atoms with E-state index >= 15 is 0 Å². The second-order valence-electron chi connectivity index (χ2n) is 4.59. The number of hydrogen-bond donors (Lipinski definition) is 0. The van der Waals surface area contributed by atoms with Gasteiger partial charge >= 0.3 is 0 Å². The minimum absolute atomic E-state index is 0.0467. The van der Waals surface area contributed by atoms with E-state index in [1.165, 1.54) is 8.58 Å². The zero-order chi connectivity index (χ0) is 13.9. The molecule has 4 heteroatoms. The van der Waals surface area contributed by atoms with Gasteiger partial charge in [0.15, 0.2) is 0 Å². The summed E-state index contributed by atoms with van der Waals surface area (Å²) in [5.74, 6) is 0.0467. The van der Waals surface area contributed by atoms with Gasteiger partial charge < -0.3 is 0 Å². The molecule has 1 aliphatic heterocycles. The molecule has 1 aliphatic rings.